The van der Waals surface area contributed by atoms with Crippen LogP contribution in [-0.2, 0) is 4.79 Å². The molecule has 1 aliphatic heterocycles. The second-order valence-corrected chi connectivity index (χ2v) is 6.59. The Labute approximate surface area is 136 Å². The molecule has 2 fully saturated rings. The van der Waals surface area contributed by atoms with Gasteiger partial charge in [-0.25, -0.2) is 4.39 Å². The van der Waals surface area contributed by atoms with E-state index in [-0.39, 0.29) is 23.5 Å². The van der Waals surface area contributed by atoms with E-state index in [4.69, 9.17) is 0 Å². The molecule has 1 atom stereocenters. The fourth-order valence-corrected chi connectivity index (χ4v) is 3.54. The van der Waals surface area contributed by atoms with Crippen LogP contribution in [0.15, 0.2) is 24.3 Å². The monoisotopic (exact) mass is 318 g/mol. The van der Waals surface area contributed by atoms with Crippen molar-refractivity contribution in [3.8, 4) is 0 Å². The van der Waals surface area contributed by atoms with Crippen molar-refractivity contribution >= 4 is 11.8 Å². The lowest BCUT2D eigenvalue weighted by Gasteiger charge is -2.32. The number of amides is 2. The zero-order valence-electron chi connectivity index (χ0n) is 13.3. The number of nitrogens with one attached hydrogen (secondary N) is 1. The summed E-state index contributed by atoms with van der Waals surface area (Å²) in [7, 11) is 0. The fourth-order valence-electron chi connectivity index (χ4n) is 3.54. The maximum absolute atomic E-state index is 13.0. The number of nitrogens with zero attached hydrogens (tertiary/aromatic N) is 1. The average Bonchev–Trinajstić information content (AvgIpc) is 3.08. The van der Waals surface area contributed by atoms with Crippen LogP contribution in [0.25, 0.3) is 0 Å². The van der Waals surface area contributed by atoms with E-state index in [0.717, 1.165) is 25.7 Å². The highest BCUT2D eigenvalue weighted by Gasteiger charge is 2.30. The Kier molecular flexibility index (Phi) is 4.94. The quantitative estimate of drug-likeness (QED) is 0.931. The number of piperidine rings is 1. The van der Waals surface area contributed by atoms with Crippen LogP contribution in [0.4, 0.5) is 4.39 Å². The molecule has 2 aliphatic rings. The molecule has 0 unspecified atom stereocenters. The third-order valence-corrected chi connectivity index (χ3v) is 4.87. The highest BCUT2D eigenvalue weighted by Crippen LogP contribution is 2.22. The predicted octanol–water partition coefficient (Wildman–Crippen LogP) is 2.74. The summed E-state index contributed by atoms with van der Waals surface area (Å²) < 4.78 is 13.0. The van der Waals surface area contributed by atoms with Gasteiger partial charge in [-0.2, -0.15) is 0 Å². The summed E-state index contributed by atoms with van der Waals surface area (Å²) in [5.74, 6) is -0.528. The molecule has 4 nitrogen and oxygen atoms in total. The Morgan fingerprint density at radius 2 is 1.74 bits per heavy atom. The lowest BCUT2D eigenvalue weighted by molar-refractivity contribution is -0.127. The summed E-state index contributed by atoms with van der Waals surface area (Å²) in [5.41, 5.74) is 0.475. The molecule has 1 aromatic rings. The van der Waals surface area contributed by atoms with E-state index in [1.54, 1.807) is 4.90 Å². The highest BCUT2D eigenvalue weighted by atomic mass is 19.1. The Morgan fingerprint density at radius 3 is 2.43 bits per heavy atom. The van der Waals surface area contributed by atoms with Crippen LogP contribution in [0.5, 0.6) is 0 Å². The summed E-state index contributed by atoms with van der Waals surface area (Å²) >= 11 is 0. The smallest absolute Gasteiger partial charge is 0.253 e. The van der Waals surface area contributed by atoms with Gasteiger partial charge in [-0.15, -0.1) is 0 Å². The topological polar surface area (TPSA) is 49.4 Å². The van der Waals surface area contributed by atoms with Crippen molar-refractivity contribution in [1.29, 1.82) is 0 Å². The minimum absolute atomic E-state index is 0.0773. The molecular weight excluding hydrogens is 295 g/mol. The number of carbonyl (C=O) groups excluding carboxylic acids is 2. The molecule has 1 aliphatic carbocycles. The molecule has 1 aromatic carbocycles. The van der Waals surface area contributed by atoms with E-state index in [2.05, 4.69) is 5.32 Å². The normalized spacial score (nSPS) is 22.1. The zero-order valence-corrected chi connectivity index (χ0v) is 13.3. The highest BCUT2D eigenvalue weighted by molar-refractivity contribution is 5.94. The minimum Gasteiger partial charge on any atom is -0.353 e. The first-order valence-electron chi connectivity index (χ1n) is 8.49. The first-order chi connectivity index (χ1) is 11.1. The predicted molar refractivity (Wildman–Crippen MR) is 85.4 cm³/mol. The lowest BCUT2D eigenvalue weighted by Crippen LogP contribution is -2.47. The van der Waals surface area contributed by atoms with Crippen molar-refractivity contribution < 1.29 is 14.0 Å². The van der Waals surface area contributed by atoms with E-state index in [1.807, 2.05) is 0 Å². The molecule has 5 heteroatoms. The van der Waals surface area contributed by atoms with Crippen LogP contribution in [0, 0.1) is 11.7 Å². The van der Waals surface area contributed by atoms with E-state index in [1.165, 1.54) is 37.1 Å². The molecule has 1 N–H and O–H groups in total. The summed E-state index contributed by atoms with van der Waals surface area (Å²) in [6, 6.07) is 5.90. The van der Waals surface area contributed by atoms with Crippen molar-refractivity contribution in [2.75, 3.05) is 13.1 Å². The maximum Gasteiger partial charge on any atom is 0.253 e. The number of carbonyl (C=O) groups is 2. The largest absolute Gasteiger partial charge is 0.353 e. The SMILES string of the molecule is O=C(NC1CCCC1)[C@H]1CCCN(C(=O)c2ccc(F)cc2)C1. The third-order valence-electron chi connectivity index (χ3n) is 4.87. The lowest BCUT2D eigenvalue weighted by atomic mass is 9.96. The summed E-state index contributed by atoms with van der Waals surface area (Å²) in [6.07, 6.45) is 6.16. The van der Waals surface area contributed by atoms with Crippen molar-refractivity contribution in [2.24, 2.45) is 5.92 Å². The minimum atomic E-state index is -0.353. The van der Waals surface area contributed by atoms with Gasteiger partial charge in [0, 0.05) is 24.7 Å². The molecule has 23 heavy (non-hydrogen) atoms. The van der Waals surface area contributed by atoms with Crippen LogP contribution in [0.3, 0.4) is 0 Å². The number of likely N-dealkylation sites (tertiary alicyclic amines) is 1. The van der Waals surface area contributed by atoms with Gasteiger partial charge >= 0.3 is 0 Å². The first-order valence-corrected chi connectivity index (χ1v) is 8.49. The third kappa shape index (κ3) is 3.89. The van der Waals surface area contributed by atoms with E-state index >= 15 is 0 Å². The van der Waals surface area contributed by atoms with Gasteiger partial charge in [0.15, 0.2) is 0 Å². The van der Waals surface area contributed by atoms with E-state index in [0.29, 0.717) is 24.7 Å². The molecule has 1 saturated heterocycles. The second-order valence-electron chi connectivity index (χ2n) is 6.59. The van der Waals surface area contributed by atoms with E-state index < -0.39 is 0 Å². The van der Waals surface area contributed by atoms with Crippen LogP contribution < -0.4 is 5.32 Å². The molecule has 124 valence electrons. The van der Waals surface area contributed by atoms with Gasteiger partial charge in [0.2, 0.25) is 5.91 Å². The van der Waals surface area contributed by atoms with Crippen LogP contribution in [-0.4, -0.2) is 35.8 Å². The summed E-state index contributed by atoms with van der Waals surface area (Å²) in [4.78, 5) is 26.6. The van der Waals surface area contributed by atoms with Gasteiger partial charge in [-0.05, 0) is 49.9 Å². The zero-order chi connectivity index (χ0) is 16.2. The van der Waals surface area contributed by atoms with Gasteiger partial charge in [0.1, 0.15) is 5.82 Å². The maximum atomic E-state index is 13.0. The van der Waals surface area contributed by atoms with Crippen LogP contribution in [0.1, 0.15) is 48.9 Å². The molecule has 1 heterocycles. The van der Waals surface area contributed by atoms with Gasteiger partial charge in [0.05, 0.1) is 5.92 Å². The Bertz CT molecular complexity index is 567. The number of hydrogen-bond donors (Lipinski definition) is 1. The number of benzene rings is 1. The average molecular weight is 318 g/mol. The van der Waals surface area contributed by atoms with Crippen LogP contribution >= 0.6 is 0 Å². The standard InChI is InChI=1S/C18H23FN2O2/c19-15-9-7-13(8-10-15)18(23)21-11-3-4-14(12-21)17(22)20-16-5-1-2-6-16/h7-10,14,16H,1-6,11-12H2,(H,20,22)/t14-/m0/s1. The van der Waals surface area contributed by atoms with Crippen LogP contribution in [0.2, 0.25) is 0 Å². The molecular formula is C18H23FN2O2. The summed E-state index contributed by atoms with van der Waals surface area (Å²) in [5, 5.41) is 3.13. The van der Waals surface area contributed by atoms with Gasteiger partial charge in [0.25, 0.3) is 5.91 Å². The Hall–Kier alpha value is -1.91. The molecule has 1 saturated carbocycles. The Balaban J connectivity index is 1.59. The molecule has 3 rings (SSSR count). The van der Waals surface area contributed by atoms with Gasteiger partial charge < -0.3 is 10.2 Å². The molecule has 0 bridgehead atoms. The molecule has 0 aromatic heterocycles. The molecule has 2 amide bonds. The fraction of sp³-hybridized carbons (Fsp3) is 0.556. The van der Waals surface area contributed by atoms with Gasteiger partial charge in [-0.1, -0.05) is 12.8 Å². The Morgan fingerprint density at radius 1 is 1.04 bits per heavy atom. The number of hydrogen-bond acceptors (Lipinski definition) is 2. The number of halogens is 1. The van der Waals surface area contributed by atoms with Crippen molar-refractivity contribution in [1.82, 2.24) is 10.2 Å². The molecule has 0 spiro atoms. The summed E-state index contributed by atoms with van der Waals surface area (Å²) in [6.45, 7) is 1.11. The van der Waals surface area contributed by atoms with Crippen molar-refractivity contribution in [3.05, 3.63) is 35.6 Å². The van der Waals surface area contributed by atoms with Crippen molar-refractivity contribution in [2.45, 2.75) is 44.6 Å². The number of rotatable bonds is 3. The van der Waals surface area contributed by atoms with Gasteiger partial charge in [-0.3, -0.25) is 9.59 Å². The first kappa shape index (κ1) is 16.0. The van der Waals surface area contributed by atoms with Crippen molar-refractivity contribution in [3.63, 3.8) is 0 Å². The van der Waals surface area contributed by atoms with E-state index in [9.17, 15) is 14.0 Å². The second kappa shape index (κ2) is 7.11. The molecule has 0 radical (unpaired) electrons.